The molecule has 1 aliphatic heterocycles. The minimum atomic E-state index is -4.90. The third kappa shape index (κ3) is 3.76. The molecular formula is C18H14F3N3O5. The van der Waals surface area contributed by atoms with Crippen molar-refractivity contribution in [1.82, 2.24) is 5.01 Å². The van der Waals surface area contributed by atoms with E-state index in [4.69, 9.17) is 4.74 Å². The largest absolute Gasteiger partial charge is 0.497 e. The molecule has 0 aliphatic carbocycles. The fourth-order valence-electron chi connectivity index (χ4n) is 2.89. The van der Waals surface area contributed by atoms with Crippen LogP contribution in [0.3, 0.4) is 0 Å². The van der Waals surface area contributed by atoms with Gasteiger partial charge >= 0.3 is 6.18 Å². The van der Waals surface area contributed by atoms with E-state index in [1.165, 1.54) is 43.5 Å². The smallest absolute Gasteiger partial charge is 0.431 e. The van der Waals surface area contributed by atoms with Crippen molar-refractivity contribution in [2.75, 3.05) is 7.11 Å². The second kappa shape index (κ2) is 7.17. The van der Waals surface area contributed by atoms with Crippen LogP contribution < -0.4 is 4.74 Å². The molecular weight excluding hydrogens is 395 g/mol. The van der Waals surface area contributed by atoms with E-state index in [0.29, 0.717) is 5.01 Å². The van der Waals surface area contributed by atoms with E-state index in [-0.39, 0.29) is 16.9 Å². The lowest BCUT2D eigenvalue weighted by atomic mass is 9.96. The molecule has 0 fully saturated rings. The standard InChI is InChI=1S/C18H14F3N3O5/c1-29-14-7-2-4-11(8-14)16(25)23-17(26,10-15(22-23)18(19,20)21)12-5-3-6-13(9-12)24(27)28/h2-9,26H,10H2,1H3. The molecule has 11 heteroatoms. The summed E-state index contributed by atoms with van der Waals surface area (Å²) < 4.78 is 44.8. The van der Waals surface area contributed by atoms with E-state index < -0.39 is 40.6 Å². The summed E-state index contributed by atoms with van der Waals surface area (Å²) in [5.74, 6) is -0.758. The van der Waals surface area contributed by atoms with Crippen LogP contribution in [0.5, 0.6) is 5.75 Å². The molecule has 1 N–H and O–H groups in total. The van der Waals surface area contributed by atoms with E-state index >= 15 is 0 Å². The molecule has 0 saturated carbocycles. The van der Waals surface area contributed by atoms with Gasteiger partial charge in [0.15, 0.2) is 5.72 Å². The number of methoxy groups -OCH3 is 1. The Morgan fingerprint density at radius 1 is 1.28 bits per heavy atom. The van der Waals surface area contributed by atoms with E-state index in [1.807, 2.05) is 0 Å². The first-order chi connectivity index (χ1) is 13.6. The van der Waals surface area contributed by atoms with Crippen LogP contribution in [0.2, 0.25) is 0 Å². The van der Waals surface area contributed by atoms with Crippen molar-refractivity contribution >= 4 is 17.3 Å². The van der Waals surface area contributed by atoms with Crippen LogP contribution in [0, 0.1) is 10.1 Å². The predicted octanol–water partition coefficient (Wildman–Crippen LogP) is 3.21. The number of halogens is 3. The zero-order valence-corrected chi connectivity index (χ0v) is 14.9. The van der Waals surface area contributed by atoms with Gasteiger partial charge in [-0.1, -0.05) is 18.2 Å². The zero-order valence-electron chi connectivity index (χ0n) is 14.9. The number of nitrogens with zero attached hydrogens (tertiary/aromatic N) is 3. The normalized spacial score (nSPS) is 19.1. The molecule has 1 aliphatic rings. The summed E-state index contributed by atoms with van der Waals surface area (Å²) in [4.78, 5) is 23.2. The second-order valence-electron chi connectivity index (χ2n) is 6.19. The van der Waals surface area contributed by atoms with Crippen molar-refractivity contribution < 1.29 is 32.7 Å². The number of alkyl halides is 3. The number of non-ortho nitro benzene ring substituents is 1. The molecule has 0 aromatic heterocycles. The number of rotatable bonds is 4. The summed E-state index contributed by atoms with van der Waals surface area (Å²) in [7, 11) is 1.35. The Labute approximate surface area is 162 Å². The first kappa shape index (κ1) is 20.3. The topological polar surface area (TPSA) is 105 Å². The molecule has 2 aromatic carbocycles. The molecule has 29 heavy (non-hydrogen) atoms. The highest BCUT2D eigenvalue weighted by Gasteiger charge is 2.53. The summed E-state index contributed by atoms with van der Waals surface area (Å²) in [6.07, 6.45) is -5.98. The number of hydrazone groups is 1. The molecule has 1 unspecified atom stereocenters. The highest BCUT2D eigenvalue weighted by Crippen LogP contribution is 2.41. The van der Waals surface area contributed by atoms with Crippen LogP contribution in [0.1, 0.15) is 22.3 Å². The lowest BCUT2D eigenvalue weighted by molar-refractivity contribution is -0.385. The predicted molar refractivity (Wildman–Crippen MR) is 94.3 cm³/mol. The summed E-state index contributed by atoms with van der Waals surface area (Å²) in [6, 6.07) is 9.97. The van der Waals surface area contributed by atoms with E-state index in [2.05, 4.69) is 5.10 Å². The maximum atomic E-state index is 13.3. The second-order valence-corrected chi connectivity index (χ2v) is 6.19. The fraction of sp³-hybridized carbons (Fsp3) is 0.222. The van der Waals surface area contributed by atoms with Crippen LogP contribution in [0.25, 0.3) is 0 Å². The number of carbonyl (C=O) groups excluding carboxylic acids is 1. The molecule has 1 atom stereocenters. The first-order valence-corrected chi connectivity index (χ1v) is 8.17. The summed E-state index contributed by atoms with van der Waals surface area (Å²) in [6.45, 7) is 0. The van der Waals surface area contributed by atoms with Gasteiger partial charge in [-0.15, -0.1) is 0 Å². The van der Waals surface area contributed by atoms with Crippen molar-refractivity contribution in [3.05, 3.63) is 69.8 Å². The van der Waals surface area contributed by atoms with Gasteiger partial charge in [0, 0.05) is 23.3 Å². The van der Waals surface area contributed by atoms with Crippen molar-refractivity contribution in [1.29, 1.82) is 0 Å². The van der Waals surface area contributed by atoms with Gasteiger partial charge in [0.1, 0.15) is 11.5 Å². The van der Waals surface area contributed by atoms with Gasteiger partial charge in [0.2, 0.25) is 0 Å². The molecule has 0 spiro atoms. The lowest BCUT2D eigenvalue weighted by Gasteiger charge is -2.31. The third-order valence-corrected chi connectivity index (χ3v) is 4.34. The molecule has 0 radical (unpaired) electrons. The number of benzene rings is 2. The summed E-state index contributed by atoms with van der Waals surface area (Å²) in [5, 5.41) is 25.7. The summed E-state index contributed by atoms with van der Waals surface area (Å²) >= 11 is 0. The van der Waals surface area contributed by atoms with Crippen molar-refractivity contribution in [3.63, 3.8) is 0 Å². The number of nitro benzene ring substituents is 1. The SMILES string of the molecule is COc1cccc(C(=O)N2N=C(C(F)(F)F)CC2(O)c2cccc([N+](=O)[O-])c2)c1. The van der Waals surface area contributed by atoms with E-state index in [9.17, 15) is 33.2 Å². The molecule has 8 nitrogen and oxygen atoms in total. The maximum absolute atomic E-state index is 13.3. The Bertz CT molecular complexity index is 1010. The van der Waals surface area contributed by atoms with Gasteiger partial charge in [-0.3, -0.25) is 14.9 Å². The molecule has 3 rings (SSSR count). The Morgan fingerprint density at radius 2 is 1.97 bits per heavy atom. The molecule has 0 saturated heterocycles. The number of nitro groups is 1. The van der Waals surface area contributed by atoms with Gasteiger partial charge in [-0.2, -0.15) is 23.3 Å². The van der Waals surface area contributed by atoms with Gasteiger partial charge < -0.3 is 9.84 Å². The Morgan fingerprint density at radius 3 is 2.59 bits per heavy atom. The van der Waals surface area contributed by atoms with Crippen LogP contribution >= 0.6 is 0 Å². The minimum Gasteiger partial charge on any atom is -0.497 e. The number of hydrogen-bond donors (Lipinski definition) is 1. The number of carbonyl (C=O) groups is 1. The Hall–Kier alpha value is -3.47. The van der Waals surface area contributed by atoms with E-state index in [1.54, 1.807) is 0 Å². The number of amides is 1. The molecule has 2 aromatic rings. The van der Waals surface area contributed by atoms with Crippen molar-refractivity contribution in [2.24, 2.45) is 5.10 Å². The number of aliphatic hydroxyl groups is 1. The molecule has 0 bridgehead atoms. The van der Waals surface area contributed by atoms with Gasteiger partial charge in [-0.25, -0.2) is 0 Å². The minimum absolute atomic E-state index is 0.0830. The van der Waals surface area contributed by atoms with Crippen molar-refractivity contribution in [2.45, 2.75) is 18.3 Å². The highest BCUT2D eigenvalue weighted by molar-refractivity contribution is 6.00. The molecule has 1 heterocycles. The van der Waals surface area contributed by atoms with Crippen LogP contribution in [-0.2, 0) is 5.72 Å². The average Bonchev–Trinajstić information content (AvgIpc) is 3.06. The van der Waals surface area contributed by atoms with Gasteiger partial charge in [-0.05, 0) is 18.2 Å². The number of hydrogen-bond acceptors (Lipinski definition) is 6. The first-order valence-electron chi connectivity index (χ1n) is 8.17. The Balaban J connectivity index is 2.11. The zero-order chi connectivity index (χ0) is 21.4. The summed E-state index contributed by atoms with van der Waals surface area (Å²) in [5.41, 5.74) is -4.75. The Kier molecular flexibility index (Phi) is 5.01. The van der Waals surface area contributed by atoms with Gasteiger partial charge in [0.25, 0.3) is 11.6 Å². The molecule has 152 valence electrons. The van der Waals surface area contributed by atoms with Crippen LogP contribution in [0.4, 0.5) is 18.9 Å². The maximum Gasteiger partial charge on any atom is 0.431 e. The van der Waals surface area contributed by atoms with Crippen molar-refractivity contribution in [3.8, 4) is 5.75 Å². The average molecular weight is 409 g/mol. The lowest BCUT2D eigenvalue weighted by Crippen LogP contribution is -2.43. The van der Waals surface area contributed by atoms with E-state index in [0.717, 1.165) is 12.1 Å². The highest BCUT2D eigenvalue weighted by atomic mass is 19.4. The fourth-order valence-corrected chi connectivity index (χ4v) is 2.89. The third-order valence-electron chi connectivity index (χ3n) is 4.34. The van der Waals surface area contributed by atoms with Crippen LogP contribution in [-0.4, -0.2) is 39.9 Å². The monoisotopic (exact) mass is 409 g/mol. The number of ether oxygens (including phenoxy) is 1. The van der Waals surface area contributed by atoms with Crippen LogP contribution in [0.15, 0.2) is 53.6 Å². The van der Waals surface area contributed by atoms with Gasteiger partial charge in [0.05, 0.1) is 18.5 Å². The molecule has 1 amide bonds. The quantitative estimate of drug-likeness (QED) is 0.617.